The topological polar surface area (TPSA) is 3.24 Å². The summed E-state index contributed by atoms with van der Waals surface area (Å²) in [7, 11) is 3.85. The van der Waals surface area contributed by atoms with Crippen LogP contribution in [0.2, 0.25) is 12.1 Å². The third-order valence-corrected chi connectivity index (χ3v) is 7.20. The maximum Gasteiger partial charge on any atom is 0.0606 e. The zero-order chi connectivity index (χ0) is 11.0. The van der Waals surface area contributed by atoms with Gasteiger partial charge < -0.3 is 4.90 Å². The standard InChI is InChI=1S/C12H27NSi/c1-6-9-12(13(4)5)14(10-7-2)11-8-3/h7,12,14H,2,6,8-11H2,1,3-5H3. The van der Waals surface area contributed by atoms with Crippen LogP contribution in [-0.4, -0.2) is 33.5 Å². The van der Waals surface area contributed by atoms with Crippen molar-refractivity contribution in [3.8, 4) is 0 Å². The zero-order valence-electron chi connectivity index (χ0n) is 10.4. The summed E-state index contributed by atoms with van der Waals surface area (Å²) in [4.78, 5) is 2.44. The molecule has 0 aromatic carbocycles. The van der Waals surface area contributed by atoms with Crippen LogP contribution in [0.5, 0.6) is 0 Å². The fraction of sp³-hybridized carbons (Fsp3) is 0.833. The molecule has 0 aliphatic carbocycles. The molecule has 0 aliphatic heterocycles. The molecule has 0 fully saturated rings. The summed E-state index contributed by atoms with van der Waals surface area (Å²) in [5.41, 5.74) is 0.873. The maximum atomic E-state index is 3.90. The Morgan fingerprint density at radius 2 is 1.93 bits per heavy atom. The number of rotatable bonds is 8. The van der Waals surface area contributed by atoms with Gasteiger partial charge in [0.25, 0.3) is 0 Å². The Morgan fingerprint density at radius 3 is 2.29 bits per heavy atom. The molecule has 0 amide bonds. The number of hydrogen-bond donors (Lipinski definition) is 0. The number of nitrogens with zero attached hydrogens (tertiary/aromatic N) is 1. The van der Waals surface area contributed by atoms with Gasteiger partial charge in [-0.3, -0.25) is 0 Å². The van der Waals surface area contributed by atoms with E-state index in [1.165, 1.54) is 31.4 Å². The Morgan fingerprint density at radius 1 is 1.29 bits per heavy atom. The van der Waals surface area contributed by atoms with Crippen molar-refractivity contribution in [2.24, 2.45) is 0 Å². The number of allylic oxidation sites excluding steroid dienone is 1. The molecule has 2 atom stereocenters. The van der Waals surface area contributed by atoms with Gasteiger partial charge in [-0.25, -0.2) is 0 Å². The lowest BCUT2D eigenvalue weighted by molar-refractivity contribution is 0.348. The van der Waals surface area contributed by atoms with E-state index in [0.717, 1.165) is 5.67 Å². The Balaban J connectivity index is 4.28. The molecule has 0 rings (SSSR count). The van der Waals surface area contributed by atoms with Crippen LogP contribution in [0.4, 0.5) is 0 Å². The first-order valence-corrected chi connectivity index (χ1v) is 8.24. The molecule has 14 heavy (non-hydrogen) atoms. The Kier molecular flexibility index (Phi) is 8.19. The molecule has 0 aromatic heterocycles. The van der Waals surface area contributed by atoms with Gasteiger partial charge in [0.15, 0.2) is 0 Å². The van der Waals surface area contributed by atoms with Crippen LogP contribution in [0.25, 0.3) is 0 Å². The molecule has 0 saturated carbocycles. The molecule has 2 unspecified atom stereocenters. The van der Waals surface area contributed by atoms with Crippen LogP contribution < -0.4 is 0 Å². The van der Waals surface area contributed by atoms with E-state index >= 15 is 0 Å². The monoisotopic (exact) mass is 213 g/mol. The summed E-state index contributed by atoms with van der Waals surface area (Å²) in [5, 5.41) is 0. The van der Waals surface area contributed by atoms with Crippen LogP contribution in [0.1, 0.15) is 33.1 Å². The van der Waals surface area contributed by atoms with E-state index in [4.69, 9.17) is 0 Å². The third kappa shape index (κ3) is 4.96. The van der Waals surface area contributed by atoms with Crippen molar-refractivity contribution in [1.29, 1.82) is 0 Å². The fourth-order valence-corrected chi connectivity index (χ4v) is 6.02. The lowest BCUT2D eigenvalue weighted by Gasteiger charge is -2.30. The van der Waals surface area contributed by atoms with Gasteiger partial charge in [-0.05, 0) is 32.2 Å². The molecule has 0 N–H and O–H groups in total. The molecule has 1 nitrogen and oxygen atoms in total. The average molecular weight is 213 g/mol. The lowest BCUT2D eigenvalue weighted by Crippen LogP contribution is -2.41. The van der Waals surface area contributed by atoms with Crippen molar-refractivity contribution in [1.82, 2.24) is 4.90 Å². The van der Waals surface area contributed by atoms with Gasteiger partial charge in [0.1, 0.15) is 0 Å². The minimum absolute atomic E-state index is 0.616. The highest BCUT2D eigenvalue weighted by molar-refractivity contribution is 6.61. The maximum absolute atomic E-state index is 3.90. The van der Waals surface area contributed by atoms with Crippen molar-refractivity contribution < 1.29 is 0 Å². The van der Waals surface area contributed by atoms with Gasteiger partial charge in [0.2, 0.25) is 0 Å². The predicted molar refractivity (Wildman–Crippen MR) is 69.6 cm³/mol. The van der Waals surface area contributed by atoms with Crippen molar-refractivity contribution in [2.75, 3.05) is 14.1 Å². The van der Waals surface area contributed by atoms with Gasteiger partial charge >= 0.3 is 0 Å². The molecule has 0 aliphatic rings. The molecular formula is C12H27NSi. The van der Waals surface area contributed by atoms with E-state index in [-0.39, 0.29) is 0 Å². The fourth-order valence-electron chi connectivity index (χ4n) is 2.26. The second kappa shape index (κ2) is 8.24. The van der Waals surface area contributed by atoms with E-state index in [1.807, 2.05) is 0 Å². The largest absolute Gasteiger partial charge is 0.310 e. The minimum atomic E-state index is -0.616. The summed E-state index contributed by atoms with van der Waals surface area (Å²) in [5.74, 6) is 0. The second-order valence-electron chi connectivity index (χ2n) is 4.39. The van der Waals surface area contributed by atoms with Crippen molar-refractivity contribution in [2.45, 2.75) is 50.9 Å². The Hall–Kier alpha value is -0.0831. The molecule has 0 saturated heterocycles. The van der Waals surface area contributed by atoms with E-state index in [1.54, 1.807) is 0 Å². The zero-order valence-corrected chi connectivity index (χ0v) is 11.6. The first-order chi connectivity index (χ1) is 6.67. The van der Waals surface area contributed by atoms with Crippen molar-refractivity contribution >= 4 is 8.80 Å². The molecule has 0 aromatic rings. The molecule has 0 radical (unpaired) electrons. The van der Waals surface area contributed by atoms with Crippen LogP contribution in [0.3, 0.4) is 0 Å². The molecular weight excluding hydrogens is 186 g/mol. The quantitative estimate of drug-likeness (QED) is 0.442. The van der Waals surface area contributed by atoms with Gasteiger partial charge in [-0.1, -0.05) is 38.8 Å². The van der Waals surface area contributed by atoms with E-state index < -0.39 is 8.80 Å². The molecule has 0 spiro atoms. The highest BCUT2D eigenvalue weighted by atomic mass is 28.3. The van der Waals surface area contributed by atoms with E-state index in [2.05, 4.69) is 45.5 Å². The summed E-state index contributed by atoms with van der Waals surface area (Å²) in [6.07, 6.45) is 6.17. The smallest absolute Gasteiger partial charge is 0.0606 e. The van der Waals surface area contributed by atoms with Crippen molar-refractivity contribution in [3.63, 3.8) is 0 Å². The lowest BCUT2D eigenvalue weighted by atomic mass is 10.3. The van der Waals surface area contributed by atoms with Crippen LogP contribution >= 0.6 is 0 Å². The highest BCUT2D eigenvalue weighted by Crippen LogP contribution is 2.16. The minimum Gasteiger partial charge on any atom is -0.310 e. The highest BCUT2D eigenvalue weighted by Gasteiger charge is 2.21. The third-order valence-electron chi connectivity index (χ3n) is 2.92. The average Bonchev–Trinajstić information content (AvgIpc) is 2.13. The summed E-state index contributed by atoms with van der Waals surface area (Å²) >= 11 is 0. The van der Waals surface area contributed by atoms with E-state index in [9.17, 15) is 0 Å². The first kappa shape index (κ1) is 13.9. The second-order valence-corrected chi connectivity index (χ2v) is 7.73. The first-order valence-electron chi connectivity index (χ1n) is 5.94. The predicted octanol–water partition coefficient (Wildman–Crippen LogP) is 3.08. The summed E-state index contributed by atoms with van der Waals surface area (Å²) in [6, 6.07) is 2.77. The summed E-state index contributed by atoms with van der Waals surface area (Å²) < 4.78 is 0. The molecule has 0 bridgehead atoms. The van der Waals surface area contributed by atoms with Crippen molar-refractivity contribution in [3.05, 3.63) is 12.7 Å². The molecule has 84 valence electrons. The van der Waals surface area contributed by atoms with Gasteiger partial charge in [0.05, 0.1) is 8.80 Å². The number of hydrogen-bond acceptors (Lipinski definition) is 1. The van der Waals surface area contributed by atoms with E-state index in [0.29, 0.717) is 0 Å². The Labute approximate surface area is 91.8 Å². The van der Waals surface area contributed by atoms with Crippen LogP contribution in [0.15, 0.2) is 12.7 Å². The van der Waals surface area contributed by atoms with Gasteiger partial charge in [-0.15, -0.1) is 6.58 Å². The summed E-state index contributed by atoms with van der Waals surface area (Å²) in [6.45, 7) is 8.50. The van der Waals surface area contributed by atoms with Crippen LogP contribution in [-0.2, 0) is 0 Å². The van der Waals surface area contributed by atoms with Gasteiger partial charge in [-0.2, -0.15) is 0 Å². The van der Waals surface area contributed by atoms with Crippen LogP contribution in [0, 0.1) is 0 Å². The SMILES string of the molecule is C=CC[SiH](CCC)C(CCC)N(C)C. The normalized spacial score (nSPS) is 15.5. The molecule has 2 heteroatoms. The Bertz CT molecular complexity index is 145. The molecule has 0 heterocycles. The van der Waals surface area contributed by atoms with Gasteiger partial charge in [0, 0.05) is 0 Å².